The first-order valence-electron chi connectivity index (χ1n) is 4.01. The van der Waals surface area contributed by atoms with E-state index in [0.717, 1.165) is 6.08 Å². The molecule has 0 unspecified atom stereocenters. The second kappa shape index (κ2) is 6.21. The average molecular weight is 183 g/mol. The van der Waals surface area contributed by atoms with Crippen LogP contribution in [0.5, 0.6) is 0 Å². The number of rotatable bonds is 5. The van der Waals surface area contributed by atoms with E-state index in [1.807, 2.05) is 13.8 Å². The van der Waals surface area contributed by atoms with Crippen LogP contribution in [0.4, 0.5) is 0 Å². The number of aliphatic carboxylic acids is 1. The first-order valence-corrected chi connectivity index (χ1v) is 4.01. The zero-order chi connectivity index (χ0) is 10.3. The first-order chi connectivity index (χ1) is 6.07. The molecule has 0 bridgehead atoms. The Balaban J connectivity index is 3.94. The normalized spacial score (nSPS) is 11.4. The molecule has 0 spiro atoms. The summed E-state index contributed by atoms with van der Waals surface area (Å²) < 4.78 is 5.16. The van der Waals surface area contributed by atoms with Crippen molar-refractivity contribution in [2.24, 2.45) is 0 Å². The van der Waals surface area contributed by atoms with Gasteiger partial charge in [-0.25, -0.2) is 4.79 Å². The van der Waals surface area contributed by atoms with Gasteiger partial charge in [-0.3, -0.25) is 0 Å². The largest absolute Gasteiger partial charge is 0.478 e. The van der Waals surface area contributed by atoms with Gasteiger partial charge in [-0.05, 0) is 13.8 Å². The molecular formula is C9H13NO3. The molecule has 0 radical (unpaired) electrons. The van der Waals surface area contributed by atoms with E-state index in [2.05, 4.69) is 0 Å². The summed E-state index contributed by atoms with van der Waals surface area (Å²) >= 11 is 0. The predicted octanol–water partition coefficient (Wildman–Crippen LogP) is 1.34. The smallest absolute Gasteiger partial charge is 0.332 e. The van der Waals surface area contributed by atoms with Crippen molar-refractivity contribution in [3.63, 3.8) is 0 Å². The molecule has 0 saturated carbocycles. The zero-order valence-electron chi connectivity index (χ0n) is 7.78. The summed E-state index contributed by atoms with van der Waals surface area (Å²) in [6.45, 7) is 4.07. The van der Waals surface area contributed by atoms with Gasteiger partial charge in [0.25, 0.3) is 0 Å². The third-order valence-corrected chi connectivity index (χ3v) is 1.34. The molecule has 72 valence electrons. The van der Waals surface area contributed by atoms with Crippen molar-refractivity contribution in [2.45, 2.75) is 26.4 Å². The maximum absolute atomic E-state index is 10.5. The Kier molecular flexibility index (Phi) is 5.57. The molecule has 4 nitrogen and oxygen atoms in total. The summed E-state index contributed by atoms with van der Waals surface area (Å²) in [7, 11) is 0. The van der Waals surface area contributed by atoms with Crippen LogP contribution in [0.15, 0.2) is 11.6 Å². The van der Waals surface area contributed by atoms with Crippen molar-refractivity contribution in [3.8, 4) is 6.07 Å². The number of hydrogen-bond acceptors (Lipinski definition) is 3. The molecule has 4 heteroatoms. The summed E-state index contributed by atoms with van der Waals surface area (Å²) in [5.74, 6) is -1.06. The molecule has 13 heavy (non-hydrogen) atoms. The minimum absolute atomic E-state index is 0.0807. The molecule has 0 aliphatic rings. The number of hydrogen-bond donors (Lipinski definition) is 1. The van der Waals surface area contributed by atoms with Crippen LogP contribution in [0.3, 0.4) is 0 Å². The molecule has 0 aromatic carbocycles. The van der Waals surface area contributed by atoms with Crippen LogP contribution in [0.2, 0.25) is 0 Å². The fourth-order valence-corrected chi connectivity index (χ4v) is 0.723. The Morgan fingerprint density at radius 1 is 1.69 bits per heavy atom. The highest BCUT2D eigenvalue weighted by molar-refractivity contribution is 5.87. The van der Waals surface area contributed by atoms with Crippen LogP contribution in [-0.4, -0.2) is 23.8 Å². The van der Waals surface area contributed by atoms with Crippen molar-refractivity contribution in [1.29, 1.82) is 5.26 Å². The molecule has 0 rings (SSSR count). The minimum Gasteiger partial charge on any atom is -0.478 e. The van der Waals surface area contributed by atoms with Gasteiger partial charge in [-0.15, -0.1) is 0 Å². The summed E-state index contributed by atoms with van der Waals surface area (Å²) in [5, 5.41) is 16.9. The highest BCUT2D eigenvalue weighted by Gasteiger charge is 2.06. The number of nitriles is 1. The Bertz CT molecular complexity index is 238. The van der Waals surface area contributed by atoms with Crippen molar-refractivity contribution in [3.05, 3.63) is 11.6 Å². The number of carboxylic acid groups (broad SMARTS) is 1. The number of carbonyl (C=O) groups is 1. The molecule has 0 aromatic rings. The van der Waals surface area contributed by atoms with Crippen molar-refractivity contribution in [1.82, 2.24) is 0 Å². The van der Waals surface area contributed by atoms with E-state index in [1.54, 1.807) is 6.07 Å². The number of allylic oxidation sites excluding steroid dienone is 1. The lowest BCUT2D eigenvalue weighted by molar-refractivity contribution is -0.133. The minimum atomic E-state index is -1.06. The Morgan fingerprint density at radius 2 is 2.31 bits per heavy atom. The van der Waals surface area contributed by atoms with E-state index in [9.17, 15) is 4.79 Å². The second-order valence-corrected chi connectivity index (χ2v) is 2.77. The van der Waals surface area contributed by atoms with Crippen LogP contribution < -0.4 is 0 Å². The molecule has 0 saturated heterocycles. The van der Waals surface area contributed by atoms with Crippen LogP contribution in [0, 0.1) is 11.3 Å². The Hall–Kier alpha value is -1.34. The van der Waals surface area contributed by atoms with Gasteiger partial charge in [0.1, 0.15) is 0 Å². The molecule has 0 atom stereocenters. The monoisotopic (exact) mass is 183 g/mol. The maximum Gasteiger partial charge on any atom is 0.332 e. The fraction of sp³-hybridized carbons (Fsp3) is 0.556. The van der Waals surface area contributed by atoms with Gasteiger partial charge in [0.15, 0.2) is 0 Å². The van der Waals surface area contributed by atoms with Crippen molar-refractivity contribution < 1.29 is 14.6 Å². The third-order valence-electron chi connectivity index (χ3n) is 1.34. The molecule has 0 heterocycles. The van der Waals surface area contributed by atoms with Gasteiger partial charge in [-0.1, -0.05) is 0 Å². The average Bonchev–Trinajstić information content (AvgIpc) is 2.02. The molecule has 0 aliphatic heterocycles. The topological polar surface area (TPSA) is 70.3 Å². The molecule has 0 aromatic heterocycles. The first kappa shape index (κ1) is 11.7. The zero-order valence-corrected chi connectivity index (χ0v) is 7.78. The lowest BCUT2D eigenvalue weighted by atomic mass is 10.2. The lowest BCUT2D eigenvalue weighted by Gasteiger charge is -2.06. The third kappa shape index (κ3) is 5.88. The van der Waals surface area contributed by atoms with E-state index in [0.29, 0.717) is 6.61 Å². The standard InChI is InChI=1S/C9H13NO3/c1-7(2)13-6-4-8(3-5-10)9(11)12/h3,7H,4,6H2,1-2H3,(H,11,12). The van der Waals surface area contributed by atoms with Crippen LogP contribution in [-0.2, 0) is 9.53 Å². The number of nitrogens with zero attached hydrogens (tertiary/aromatic N) is 1. The van der Waals surface area contributed by atoms with E-state index in [-0.39, 0.29) is 18.1 Å². The molecular weight excluding hydrogens is 170 g/mol. The molecule has 0 amide bonds. The highest BCUT2D eigenvalue weighted by atomic mass is 16.5. The SMILES string of the molecule is CC(C)OCCC(=CC#N)C(=O)O. The molecule has 0 fully saturated rings. The molecule has 1 N–H and O–H groups in total. The van der Waals surface area contributed by atoms with Gasteiger partial charge in [0.2, 0.25) is 0 Å². The number of carboxylic acids is 1. The van der Waals surface area contributed by atoms with Crippen molar-refractivity contribution in [2.75, 3.05) is 6.61 Å². The molecule has 0 aliphatic carbocycles. The summed E-state index contributed by atoms with van der Waals surface area (Å²) in [6.07, 6.45) is 1.38. The quantitative estimate of drug-likeness (QED) is 0.515. The number of ether oxygens (including phenoxy) is 1. The van der Waals surface area contributed by atoms with E-state index >= 15 is 0 Å². The van der Waals surface area contributed by atoms with E-state index < -0.39 is 5.97 Å². The van der Waals surface area contributed by atoms with Crippen LogP contribution in [0.25, 0.3) is 0 Å². The Morgan fingerprint density at radius 3 is 2.69 bits per heavy atom. The van der Waals surface area contributed by atoms with E-state index in [1.165, 1.54) is 0 Å². The van der Waals surface area contributed by atoms with Gasteiger partial charge in [-0.2, -0.15) is 5.26 Å². The van der Waals surface area contributed by atoms with Crippen LogP contribution in [0.1, 0.15) is 20.3 Å². The van der Waals surface area contributed by atoms with Crippen LogP contribution >= 0.6 is 0 Å². The van der Waals surface area contributed by atoms with Crippen molar-refractivity contribution >= 4 is 5.97 Å². The van der Waals surface area contributed by atoms with Gasteiger partial charge in [0, 0.05) is 18.1 Å². The highest BCUT2D eigenvalue weighted by Crippen LogP contribution is 2.02. The Labute approximate surface area is 77.4 Å². The van der Waals surface area contributed by atoms with Gasteiger partial charge < -0.3 is 9.84 Å². The van der Waals surface area contributed by atoms with Gasteiger partial charge >= 0.3 is 5.97 Å². The second-order valence-electron chi connectivity index (χ2n) is 2.77. The lowest BCUT2D eigenvalue weighted by Crippen LogP contribution is -2.08. The predicted molar refractivity (Wildman–Crippen MR) is 47.0 cm³/mol. The summed E-state index contributed by atoms with van der Waals surface area (Å²) in [5.41, 5.74) is 0.0863. The summed E-state index contributed by atoms with van der Waals surface area (Å²) in [4.78, 5) is 10.5. The van der Waals surface area contributed by atoms with E-state index in [4.69, 9.17) is 15.1 Å². The maximum atomic E-state index is 10.5. The summed E-state index contributed by atoms with van der Waals surface area (Å²) in [6, 6.07) is 1.69. The van der Waals surface area contributed by atoms with Gasteiger partial charge in [0.05, 0.1) is 18.8 Å². The fourth-order valence-electron chi connectivity index (χ4n) is 0.723.